The maximum atomic E-state index is 14.2. The van der Waals surface area contributed by atoms with Gasteiger partial charge in [-0.15, -0.1) is 0 Å². The van der Waals surface area contributed by atoms with Gasteiger partial charge in [0.1, 0.15) is 5.82 Å². The molecule has 6 heteroatoms. The van der Waals surface area contributed by atoms with Gasteiger partial charge in [-0.3, -0.25) is 4.79 Å². The highest BCUT2D eigenvalue weighted by atomic mass is 35.5. The molecule has 3 nitrogen and oxygen atoms in total. The second-order valence-electron chi connectivity index (χ2n) is 6.83. The van der Waals surface area contributed by atoms with Crippen LogP contribution in [0.2, 0.25) is 5.15 Å². The number of nitrogens with zero attached hydrogens (tertiary/aromatic N) is 1. The molecule has 0 radical (unpaired) electrons. The fourth-order valence-corrected chi connectivity index (χ4v) is 2.69. The molecule has 0 unspecified atom stereocenters. The van der Waals surface area contributed by atoms with Crippen molar-refractivity contribution in [1.82, 2.24) is 4.98 Å². The van der Waals surface area contributed by atoms with E-state index in [4.69, 9.17) is 16.3 Å². The molecule has 26 heavy (non-hydrogen) atoms. The van der Waals surface area contributed by atoms with Gasteiger partial charge in [0.2, 0.25) is 0 Å². The maximum absolute atomic E-state index is 14.2. The molecule has 2 aromatic rings. The van der Waals surface area contributed by atoms with Crippen molar-refractivity contribution in [3.63, 3.8) is 0 Å². The lowest BCUT2D eigenvalue weighted by molar-refractivity contribution is -0.154. The molecular weight excluding hydrogens is 360 g/mol. The molecule has 140 valence electrons. The molecule has 0 saturated carbocycles. The second kappa shape index (κ2) is 8.58. The van der Waals surface area contributed by atoms with Crippen LogP contribution in [0.15, 0.2) is 30.3 Å². The van der Waals surface area contributed by atoms with Crippen molar-refractivity contribution in [2.45, 2.75) is 40.0 Å². The summed E-state index contributed by atoms with van der Waals surface area (Å²) in [6.07, 6.45) is 2.14. The SMILES string of the molecule is CCCCOC(=O)C(C)(C)Cc1ccc(F)c(-c2ccc(F)c(Cl)n2)c1. The number of hydrogen-bond acceptors (Lipinski definition) is 3. The first-order valence-electron chi connectivity index (χ1n) is 8.52. The van der Waals surface area contributed by atoms with Crippen LogP contribution >= 0.6 is 11.6 Å². The molecular formula is C20H22ClF2NO2. The summed E-state index contributed by atoms with van der Waals surface area (Å²) in [4.78, 5) is 16.2. The van der Waals surface area contributed by atoms with Crippen LogP contribution in [0.3, 0.4) is 0 Å². The van der Waals surface area contributed by atoms with E-state index in [1.165, 1.54) is 12.1 Å². The van der Waals surface area contributed by atoms with E-state index in [2.05, 4.69) is 4.98 Å². The van der Waals surface area contributed by atoms with E-state index < -0.39 is 17.0 Å². The summed E-state index contributed by atoms with van der Waals surface area (Å²) in [7, 11) is 0. The number of hydrogen-bond donors (Lipinski definition) is 0. The average molecular weight is 382 g/mol. The summed E-state index contributed by atoms with van der Waals surface area (Å²) in [6.45, 7) is 5.99. The van der Waals surface area contributed by atoms with Crippen LogP contribution in [0, 0.1) is 17.0 Å². The molecule has 0 fully saturated rings. The monoisotopic (exact) mass is 381 g/mol. The van der Waals surface area contributed by atoms with E-state index >= 15 is 0 Å². The van der Waals surface area contributed by atoms with Gasteiger partial charge < -0.3 is 4.74 Å². The minimum Gasteiger partial charge on any atom is -0.465 e. The summed E-state index contributed by atoms with van der Waals surface area (Å²) < 4.78 is 32.8. The molecule has 0 aliphatic carbocycles. The van der Waals surface area contributed by atoms with E-state index in [0.29, 0.717) is 13.0 Å². The second-order valence-corrected chi connectivity index (χ2v) is 7.19. The quantitative estimate of drug-likeness (QED) is 0.356. The Morgan fingerprint density at radius 2 is 1.88 bits per heavy atom. The lowest BCUT2D eigenvalue weighted by Crippen LogP contribution is -2.29. The van der Waals surface area contributed by atoms with Gasteiger partial charge in [0.15, 0.2) is 11.0 Å². The third-order valence-corrected chi connectivity index (χ3v) is 4.30. The van der Waals surface area contributed by atoms with Gasteiger partial charge >= 0.3 is 5.97 Å². The number of ether oxygens (including phenoxy) is 1. The molecule has 1 heterocycles. The molecule has 0 spiro atoms. The molecule has 0 amide bonds. The number of carbonyl (C=O) groups excluding carboxylic acids is 1. The average Bonchev–Trinajstić information content (AvgIpc) is 2.59. The summed E-state index contributed by atoms with van der Waals surface area (Å²) in [6, 6.07) is 7.04. The fourth-order valence-electron chi connectivity index (χ4n) is 2.53. The van der Waals surface area contributed by atoms with Gasteiger partial charge in [-0.2, -0.15) is 0 Å². The van der Waals surface area contributed by atoms with Crippen LogP contribution in [0.25, 0.3) is 11.3 Å². The largest absolute Gasteiger partial charge is 0.465 e. The lowest BCUT2D eigenvalue weighted by atomic mass is 9.85. The first kappa shape index (κ1) is 20.3. The van der Waals surface area contributed by atoms with E-state index in [-0.39, 0.29) is 22.4 Å². The summed E-state index contributed by atoms with van der Waals surface area (Å²) in [5.41, 5.74) is 0.441. The number of pyridine rings is 1. The Bertz CT molecular complexity index is 793. The van der Waals surface area contributed by atoms with Crippen molar-refractivity contribution in [2.24, 2.45) is 5.41 Å². The van der Waals surface area contributed by atoms with Crippen LogP contribution < -0.4 is 0 Å². The zero-order valence-electron chi connectivity index (χ0n) is 15.1. The molecule has 0 bridgehead atoms. The Morgan fingerprint density at radius 3 is 2.54 bits per heavy atom. The number of rotatable bonds is 7. The van der Waals surface area contributed by atoms with Gasteiger partial charge in [-0.25, -0.2) is 13.8 Å². The third kappa shape index (κ3) is 5.01. The fraction of sp³-hybridized carbons (Fsp3) is 0.400. The molecule has 0 saturated heterocycles. The molecule has 0 aliphatic heterocycles. The smallest absolute Gasteiger partial charge is 0.311 e. The first-order valence-corrected chi connectivity index (χ1v) is 8.90. The normalized spacial score (nSPS) is 11.5. The predicted octanol–water partition coefficient (Wildman–Crippen LogP) is 5.59. The van der Waals surface area contributed by atoms with Gasteiger partial charge in [0.25, 0.3) is 0 Å². The highest BCUT2D eigenvalue weighted by molar-refractivity contribution is 6.29. The molecule has 0 aliphatic rings. The molecule has 1 aromatic heterocycles. The van der Waals surface area contributed by atoms with E-state index in [0.717, 1.165) is 24.5 Å². The van der Waals surface area contributed by atoms with E-state index in [1.54, 1.807) is 26.0 Å². The number of halogens is 3. The number of benzene rings is 1. The number of esters is 1. The third-order valence-electron chi connectivity index (χ3n) is 4.04. The summed E-state index contributed by atoms with van der Waals surface area (Å²) in [5, 5.41) is -0.313. The molecule has 2 rings (SSSR count). The van der Waals surface area contributed by atoms with Crippen molar-refractivity contribution in [1.29, 1.82) is 0 Å². The number of aromatic nitrogens is 1. The van der Waals surface area contributed by atoms with E-state index in [1.807, 2.05) is 6.92 Å². The van der Waals surface area contributed by atoms with Crippen molar-refractivity contribution in [3.8, 4) is 11.3 Å². The minimum atomic E-state index is -0.753. The standard InChI is InChI=1S/C20H22ClF2NO2/c1-4-5-10-26-19(25)20(2,3)12-13-6-7-15(22)14(11-13)17-9-8-16(23)18(21)24-17/h6-9,11H,4-5,10,12H2,1-3H3. The number of carbonyl (C=O) groups is 1. The Balaban J connectivity index is 2.23. The van der Waals surface area contributed by atoms with Gasteiger partial charge in [-0.1, -0.05) is 31.0 Å². The summed E-state index contributed by atoms with van der Waals surface area (Å²) in [5.74, 6) is -1.45. The molecule has 0 N–H and O–H groups in total. The zero-order valence-corrected chi connectivity index (χ0v) is 15.9. The predicted molar refractivity (Wildman–Crippen MR) is 98.0 cm³/mol. The van der Waals surface area contributed by atoms with Crippen LogP contribution in [0.4, 0.5) is 8.78 Å². The van der Waals surface area contributed by atoms with Crippen LogP contribution in [0.5, 0.6) is 0 Å². The first-order chi connectivity index (χ1) is 12.2. The van der Waals surface area contributed by atoms with Gasteiger partial charge in [0, 0.05) is 5.56 Å². The Morgan fingerprint density at radius 1 is 1.19 bits per heavy atom. The van der Waals surface area contributed by atoms with Crippen LogP contribution in [-0.4, -0.2) is 17.6 Å². The molecule has 1 aromatic carbocycles. The highest BCUT2D eigenvalue weighted by Gasteiger charge is 2.30. The lowest BCUT2D eigenvalue weighted by Gasteiger charge is -2.23. The zero-order chi connectivity index (χ0) is 19.3. The maximum Gasteiger partial charge on any atom is 0.311 e. The highest BCUT2D eigenvalue weighted by Crippen LogP contribution is 2.29. The van der Waals surface area contributed by atoms with Crippen LogP contribution in [0.1, 0.15) is 39.2 Å². The Kier molecular flexibility index (Phi) is 6.70. The van der Waals surface area contributed by atoms with Crippen molar-refractivity contribution in [3.05, 3.63) is 52.7 Å². The number of unbranched alkanes of at least 4 members (excludes halogenated alkanes) is 1. The topological polar surface area (TPSA) is 39.2 Å². The van der Waals surface area contributed by atoms with Crippen molar-refractivity contribution < 1.29 is 18.3 Å². The van der Waals surface area contributed by atoms with Crippen LogP contribution in [-0.2, 0) is 16.0 Å². The summed E-state index contributed by atoms with van der Waals surface area (Å²) >= 11 is 5.69. The van der Waals surface area contributed by atoms with Gasteiger partial charge in [-0.05, 0) is 56.5 Å². The Hall–Kier alpha value is -2.01. The van der Waals surface area contributed by atoms with Gasteiger partial charge in [0.05, 0.1) is 17.7 Å². The van der Waals surface area contributed by atoms with Crippen molar-refractivity contribution >= 4 is 17.6 Å². The minimum absolute atomic E-state index is 0.208. The van der Waals surface area contributed by atoms with E-state index in [9.17, 15) is 13.6 Å². The Labute approximate surface area is 157 Å². The molecule has 0 atom stereocenters. The van der Waals surface area contributed by atoms with Crippen molar-refractivity contribution in [2.75, 3.05) is 6.61 Å².